The van der Waals surface area contributed by atoms with E-state index in [-0.39, 0.29) is 0 Å². The van der Waals surface area contributed by atoms with Crippen LogP contribution in [0.3, 0.4) is 0 Å². The number of rotatable bonds is 6. The molecule has 2 heterocycles. The SMILES string of the molecule is Cc1noc(C)c1COc1ccc(CN[C@@H]2CCOc3ccccc32)cc1. The summed E-state index contributed by atoms with van der Waals surface area (Å²) in [5, 5.41) is 7.60. The molecule has 0 saturated heterocycles. The van der Waals surface area contributed by atoms with Gasteiger partial charge in [0.2, 0.25) is 0 Å². The van der Waals surface area contributed by atoms with Crippen LogP contribution in [0.15, 0.2) is 53.1 Å². The summed E-state index contributed by atoms with van der Waals surface area (Å²) in [6.45, 7) is 5.87. The van der Waals surface area contributed by atoms with E-state index in [9.17, 15) is 0 Å². The van der Waals surface area contributed by atoms with Gasteiger partial charge in [-0.15, -0.1) is 0 Å². The number of aryl methyl sites for hydroxylation is 2. The molecule has 0 unspecified atom stereocenters. The first-order chi connectivity index (χ1) is 13.2. The van der Waals surface area contributed by atoms with Crippen molar-refractivity contribution in [2.24, 2.45) is 0 Å². The fraction of sp³-hybridized carbons (Fsp3) is 0.318. The molecule has 140 valence electrons. The van der Waals surface area contributed by atoms with E-state index in [0.29, 0.717) is 12.6 Å². The molecule has 0 bridgehead atoms. The third-order valence-electron chi connectivity index (χ3n) is 5.00. The van der Waals surface area contributed by atoms with Crippen molar-refractivity contribution in [1.29, 1.82) is 0 Å². The summed E-state index contributed by atoms with van der Waals surface area (Å²) >= 11 is 0. The van der Waals surface area contributed by atoms with Gasteiger partial charge >= 0.3 is 0 Å². The largest absolute Gasteiger partial charge is 0.493 e. The fourth-order valence-corrected chi connectivity index (χ4v) is 3.36. The van der Waals surface area contributed by atoms with Crippen LogP contribution >= 0.6 is 0 Å². The lowest BCUT2D eigenvalue weighted by molar-refractivity contribution is 0.252. The molecule has 0 radical (unpaired) electrons. The minimum absolute atomic E-state index is 0.324. The van der Waals surface area contributed by atoms with Crippen LogP contribution < -0.4 is 14.8 Å². The van der Waals surface area contributed by atoms with Crippen molar-refractivity contribution in [2.75, 3.05) is 6.61 Å². The molecule has 1 N–H and O–H groups in total. The lowest BCUT2D eigenvalue weighted by atomic mass is 10.0. The van der Waals surface area contributed by atoms with E-state index in [2.05, 4.69) is 34.7 Å². The number of para-hydroxylation sites is 1. The van der Waals surface area contributed by atoms with Gasteiger partial charge in [0.25, 0.3) is 0 Å². The van der Waals surface area contributed by atoms with Gasteiger partial charge in [-0.05, 0) is 37.6 Å². The molecule has 0 spiro atoms. The second kappa shape index (κ2) is 7.84. The van der Waals surface area contributed by atoms with E-state index in [1.807, 2.05) is 38.1 Å². The van der Waals surface area contributed by atoms with Crippen LogP contribution in [0.5, 0.6) is 11.5 Å². The summed E-state index contributed by atoms with van der Waals surface area (Å²) in [5.41, 5.74) is 4.36. The van der Waals surface area contributed by atoms with Crippen molar-refractivity contribution in [3.63, 3.8) is 0 Å². The van der Waals surface area contributed by atoms with E-state index in [4.69, 9.17) is 14.0 Å². The first-order valence-corrected chi connectivity index (χ1v) is 9.29. The van der Waals surface area contributed by atoms with E-state index in [1.165, 1.54) is 11.1 Å². The molecule has 1 aliphatic heterocycles. The summed E-state index contributed by atoms with van der Waals surface area (Å²) in [5.74, 6) is 2.64. The normalized spacial score (nSPS) is 15.9. The standard InChI is InChI=1S/C22H24N2O3/c1-15-20(16(2)27-24-15)14-26-18-9-7-17(8-10-18)13-23-21-11-12-25-22-6-4-3-5-19(21)22/h3-10,21,23H,11-14H2,1-2H3/t21-/m1/s1. The second-order valence-corrected chi connectivity index (χ2v) is 6.84. The average Bonchev–Trinajstić information content (AvgIpc) is 3.03. The second-order valence-electron chi connectivity index (χ2n) is 6.84. The number of hydrogen-bond acceptors (Lipinski definition) is 5. The molecule has 0 aliphatic carbocycles. The highest BCUT2D eigenvalue weighted by Crippen LogP contribution is 2.31. The lowest BCUT2D eigenvalue weighted by Gasteiger charge is -2.26. The fourth-order valence-electron chi connectivity index (χ4n) is 3.36. The Morgan fingerprint density at radius 3 is 2.70 bits per heavy atom. The molecule has 5 nitrogen and oxygen atoms in total. The number of ether oxygens (including phenoxy) is 2. The summed E-state index contributed by atoms with van der Waals surface area (Å²) in [6, 6.07) is 16.8. The number of hydrogen-bond donors (Lipinski definition) is 1. The Morgan fingerprint density at radius 1 is 1.11 bits per heavy atom. The summed E-state index contributed by atoms with van der Waals surface area (Å²) in [6.07, 6.45) is 0.982. The van der Waals surface area contributed by atoms with Crippen LogP contribution in [0.4, 0.5) is 0 Å². The molecule has 5 heteroatoms. The molecule has 4 rings (SSSR count). The Morgan fingerprint density at radius 2 is 1.93 bits per heavy atom. The van der Waals surface area contributed by atoms with E-state index in [1.54, 1.807) is 0 Å². The van der Waals surface area contributed by atoms with Crippen LogP contribution in [0, 0.1) is 13.8 Å². The number of nitrogens with one attached hydrogen (secondary N) is 1. The van der Waals surface area contributed by atoms with Crippen LogP contribution in [0.2, 0.25) is 0 Å². The van der Waals surface area contributed by atoms with Gasteiger partial charge < -0.3 is 19.3 Å². The van der Waals surface area contributed by atoms with Gasteiger partial charge in [0.15, 0.2) is 0 Å². The highest BCUT2D eigenvalue weighted by atomic mass is 16.5. The van der Waals surface area contributed by atoms with Crippen molar-refractivity contribution < 1.29 is 14.0 Å². The van der Waals surface area contributed by atoms with Crippen molar-refractivity contribution in [1.82, 2.24) is 10.5 Å². The Bertz CT molecular complexity index is 883. The third kappa shape index (κ3) is 3.98. The Hall–Kier alpha value is -2.79. The molecule has 27 heavy (non-hydrogen) atoms. The van der Waals surface area contributed by atoms with Gasteiger partial charge in [0.05, 0.1) is 17.9 Å². The maximum Gasteiger partial charge on any atom is 0.140 e. The topological polar surface area (TPSA) is 56.5 Å². The average molecular weight is 364 g/mol. The predicted molar refractivity (Wildman–Crippen MR) is 103 cm³/mol. The Labute approximate surface area is 159 Å². The number of nitrogens with zero attached hydrogens (tertiary/aromatic N) is 1. The number of fused-ring (bicyclic) bond motifs is 1. The molecule has 2 aromatic carbocycles. The van der Waals surface area contributed by atoms with Gasteiger partial charge in [-0.2, -0.15) is 0 Å². The first-order valence-electron chi connectivity index (χ1n) is 9.29. The summed E-state index contributed by atoms with van der Waals surface area (Å²) in [4.78, 5) is 0. The minimum Gasteiger partial charge on any atom is -0.493 e. The number of aromatic nitrogens is 1. The molecule has 1 aromatic heterocycles. The zero-order valence-electron chi connectivity index (χ0n) is 15.7. The minimum atomic E-state index is 0.324. The van der Waals surface area contributed by atoms with Crippen LogP contribution in [-0.2, 0) is 13.2 Å². The maximum absolute atomic E-state index is 5.87. The van der Waals surface area contributed by atoms with Gasteiger partial charge in [0.1, 0.15) is 23.9 Å². The molecule has 0 fully saturated rings. The molecular formula is C22H24N2O3. The van der Waals surface area contributed by atoms with Crippen molar-refractivity contribution in [3.8, 4) is 11.5 Å². The summed E-state index contributed by atoms with van der Waals surface area (Å²) in [7, 11) is 0. The van der Waals surface area contributed by atoms with Gasteiger partial charge in [-0.1, -0.05) is 35.5 Å². The molecule has 0 saturated carbocycles. The third-order valence-corrected chi connectivity index (χ3v) is 5.00. The van der Waals surface area contributed by atoms with Crippen LogP contribution in [0.1, 0.15) is 40.6 Å². The molecule has 1 aliphatic rings. The monoisotopic (exact) mass is 364 g/mol. The van der Waals surface area contributed by atoms with Gasteiger partial charge in [-0.3, -0.25) is 0 Å². The first kappa shape index (κ1) is 17.6. The maximum atomic E-state index is 5.87. The van der Waals surface area contributed by atoms with Crippen molar-refractivity contribution in [3.05, 3.63) is 76.7 Å². The van der Waals surface area contributed by atoms with Crippen molar-refractivity contribution >= 4 is 0 Å². The highest BCUT2D eigenvalue weighted by Gasteiger charge is 2.20. The van der Waals surface area contributed by atoms with Crippen molar-refractivity contribution in [2.45, 2.75) is 39.5 Å². The summed E-state index contributed by atoms with van der Waals surface area (Å²) < 4.78 is 16.8. The zero-order valence-corrected chi connectivity index (χ0v) is 15.7. The molecule has 3 aromatic rings. The predicted octanol–water partition coefficient (Wildman–Crippen LogP) is 4.48. The molecule has 1 atom stereocenters. The quantitative estimate of drug-likeness (QED) is 0.699. The Balaban J connectivity index is 1.34. The van der Waals surface area contributed by atoms with Crippen LogP contribution in [-0.4, -0.2) is 11.8 Å². The van der Waals surface area contributed by atoms with E-state index >= 15 is 0 Å². The lowest BCUT2D eigenvalue weighted by Crippen LogP contribution is -2.26. The number of benzene rings is 2. The highest BCUT2D eigenvalue weighted by molar-refractivity contribution is 5.37. The molecular weight excluding hydrogens is 340 g/mol. The smallest absolute Gasteiger partial charge is 0.140 e. The van der Waals surface area contributed by atoms with Gasteiger partial charge in [0, 0.05) is 24.6 Å². The van der Waals surface area contributed by atoms with E-state index < -0.39 is 0 Å². The van der Waals surface area contributed by atoms with E-state index in [0.717, 1.165) is 48.1 Å². The van der Waals surface area contributed by atoms with Crippen LogP contribution in [0.25, 0.3) is 0 Å². The Kier molecular flexibility index (Phi) is 5.12. The molecule has 0 amide bonds. The van der Waals surface area contributed by atoms with Gasteiger partial charge in [-0.25, -0.2) is 0 Å². The zero-order chi connectivity index (χ0) is 18.6.